The van der Waals surface area contributed by atoms with Gasteiger partial charge in [-0.2, -0.15) is 0 Å². The van der Waals surface area contributed by atoms with Gasteiger partial charge in [-0.1, -0.05) is 36.4 Å². The smallest absolute Gasteiger partial charge is 0.233 e. The van der Waals surface area contributed by atoms with Crippen molar-refractivity contribution in [1.82, 2.24) is 15.1 Å². The summed E-state index contributed by atoms with van der Waals surface area (Å²) in [6, 6.07) is 14.6. The molecule has 0 fully saturated rings. The van der Waals surface area contributed by atoms with Gasteiger partial charge in [0.15, 0.2) is 0 Å². The second-order valence-electron chi connectivity index (χ2n) is 5.37. The van der Waals surface area contributed by atoms with Crippen LogP contribution in [0.4, 0.5) is 0 Å². The van der Waals surface area contributed by atoms with Gasteiger partial charge in [-0.05, 0) is 31.0 Å². The van der Waals surface area contributed by atoms with Crippen LogP contribution >= 0.6 is 11.3 Å². The molecule has 5 heteroatoms. The van der Waals surface area contributed by atoms with E-state index in [2.05, 4.69) is 64.8 Å². The second kappa shape index (κ2) is 6.85. The van der Waals surface area contributed by atoms with Crippen LogP contribution in [-0.2, 0) is 13.0 Å². The highest BCUT2D eigenvalue weighted by atomic mass is 32.1. The Balaban J connectivity index is 1.64. The maximum Gasteiger partial charge on any atom is 0.233 e. The maximum atomic E-state index is 5.82. The molecule has 0 amide bonds. The molecule has 4 nitrogen and oxygen atoms in total. The van der Waals surface area contributed by atoms with Gasteiger partial charge in [-0.25, -0.2) is 0 Å². The molecule has 0 aliphatic rings. The van der Waals surface area contributed by atoms with Crippen LogP contribution in [0.25, 0.3) is 0 Å². The second-order valence-corrected chi connectivity index (χ2v) is 6.40. The summed E-state index contributed by atoms with van der Waals surface area (Å²) in [5.74, 6) is 1.35. The number of rotatable bonds is 6. The Kier molecular flexibility index (Phi) is 4.65. The first-order valence-electron chi connectivity index (χ1n) is 7.31. The number of nitrogens with zero attached hydrogens (tertiary/aromatic N) is 3. The van der Waals surface area contributed by atoms with Gasteiger partial charge in [0.25, 0.3) is 0 Å². The summed E-state index contributed by atoms with van der Waals surface area (Å²) in [6.45, 7) is 2.94. The lowest BCUT2D eigenvalue weighted by atomic mass is 10.2. The molecule has 1 atom stereocenters. The number of aromatic nitrogens is 2. The van der Waals surface area contributed by atoms with E-state index in [1.807, 2.05) is 12.1 Å². The molecule has 1 unspecified atom stereocenters. The monoisotopic (exact) mass is 313 g/mol. The molecule has 2 aromatic heterocycles. The standard InChI is InChI=1S/C17H19N3OS/c1-13(20(2)12-14-7-4-3-5-8-14)17-19-18-16(21-17)11-15-9-6-10-22-15/h3-10,13H,11-12H2,1-2H3. The molecule has 0 aliphatic heterocycles. The minimum Gasteiger partial charge on any atom is -0.423 e. The Hall–Kier alpha value is -1.98. The molecule has 0 saturated carbocycles. The Morgan fingerprint density at radius 1 is 1.14 bits per heavy atom. The summed E-state index contributed by atoms with van der Waals surface area (Å²) in [6.07, 6.45) is 0.708. The molecule has 0 radical (unpaired) electrons. The first-order valence-corrected chi connectivity index (χ1v) is 8.19. The Labute approximate surface area is 134 Å². The van der Waals surface area contributed by atoms with E-state index in [0.717, 1.165) is 6.54 Å². The third-order valence-corrected chi connectivity index (χ3v) is 4.56. The number of hydrogen-bond donors (Lipinski definition) is 0. The number of hydrogen-bond acceptors (Lipinski definition) is 5. The van der Waals surface area contributed by atoms with Crippen LogP contribution in [0.3, 0.4) is 0 Å². The summed E-state index contributed by atoms with van der Waals surface area (Å²) in [5.41, 5.74) is 1.27. The average molecular weight is 313 g/mol. The third-order valence-electron chi connectivity index (χ3n) is 3.68. The molecule has 114 valence electrons. The van der Waals surface area contributed by atoms with Crippen molar-refractivity contribution in [2.45, 2.75) is 25.9 Å². The van der Waals surface area contributed by atoms with Crippen LogP contribution in [-0.4, -0.2) is 22.1 Å². The Morgan fingerprint density at radius 3 is 2.68 bits per heavy atom. The van der Waals surface area contributed by atoms with Crippen LogP contribution in [0.2, 0.25) is 0 Å². The first kappa shape index (κ1) is 14.9. The number of thiophene rings is 1. The molecule has 22 heavy (non-hydrogen) atoms. The number of benzene rings is 1. The predicted molar refractivity (Wildman–Crippen MR) is 87.7 cm³/mol. The van der Waals surface area contributed by atoms with Crippen molar-refractivity contribution < 1.29 is 4.42 Å². The van der Waals surface area contributed by atoms with Gasteiger partial charge in [0.2, 0.25) is 11.8 Å². The van der Waals surface area contributed by atoms with Gasteiger partial charge in [0, 0.05) is 11.4 Å². The van der Waals surface area contributed by atoms with E-state index < -0.39 is 0 Å². The van der Waals surface area contributed by atoms with Crippen LogP contribution < -0.4 is 0 Å². The summed E-state index contributed by atoms with van der Waals surface area (Å²) in [5, 5.41) is 10.4. The summed E-state index contributed by atoms with van der Waals surface area (Å²) < 4.78 is 5.82. The van der Waals surface area contributed by atoms with Gasteiger partial charge in [0.05, 0.1) is 12.5 Å². The first-order chi connectivity index (χ1) is 10.7. The summed E-state index contributed by atoms with van der Waals surface area (Å²) in [4.78, 5) is 3.44. The zero-order valence-electron chi connectivity index (χ0n) is 12.8. The molecule has 3 rings (SSSR count). The van der Waals surface area contributed by atoms with Crippen molar-refractivity contribution in [1.29, 1.82) is 0 Å². The lowest BCUT2D eigenvalue weighted by molar-refractivity contribution is 0.214. The SMILES string of the molecule is CC(c1nnc(Cc2cccs2)o1)N(C)Cc1ccccc1. The minimum atomic E-state index is 0.0878. The summed E-state index contributed by atoms with van der Waals surface area (Å²) >= 11 is 1.71. The lowest BCUT2D eigenvalue weighted by Gasteiger charge is -2.21. The van der Waals surface area contributed by atoms with Crippen molar-refractivity contribution in [2.75, 3.05) is 7.05 Å². The highest BCUT2D eigenvalue weighted by Crippen LogP contribution is 2.21. The molecule has 0 N–H and O–H groups in total. The predicted octanol–water partition coefficient (Wildman–Crippen LogP) is 3.91. The Morgan fingerprint density at radius 2 is 1.95 bits per heavy atom. The van der Waals surface area contributed by atoms with Crippen molar-refractivity contribution in [2.24, 2.45) is 0 Å². The highest BCUT2D eigenvalue weighted by molar-refractivity contribution is 7.09. The molecular formula is C17H19N3OS. The van der Waals surface area contributed by atoms with Crippen LogP contribution in [0.1, 0.15) is 35.2 Å². The van der Waals surface area contributed by atoms with Gasteiger partial charge >= 0.3 is 0 Å². The van der Waals surface area contributed by atoms with E-state index in [-0.39, 0.29) is 6.04 Å². The van der Waals surface area contributed by atoms with Gasteiger partial charge in [-0.3, -0.25) is 4.90 Å². The molecule has 2 heterocycles. The molecule has 0 bridgehead atoms. The van der Waals surface area contributed by atoms with E-state index in [4.69, 9.17) is 4.42 Å². The molecule has 0 saturated heterocycles. The fourth-order valence-corrected chi connectivity index (χ4v) is 2.96. The van der Waals surface area contributed by atoms with E-state index in [1.54, 1.807) is 11.3 Å². The minimum absolute atomic E-state index is 0.0878. The van der Waals surface area contributed by atoms with Crippen molar-refractivity contribution >= 4 is 11.3 Å². The molecular weight excluding hydrogens is 294 g/mol. The third kappa shape index (κ3) is 3.61. The van der Waals surface area contributed by atoms with Crippen molar-refractivity contribution in [3.05, 3.63) is 70.1 Å². The van der Waals surface area contributed by atoms with E-state index >= 15 is 0 Å². The van der Waals surface area contributed by atoms with E-state index in [1.165, 1.54) is 10.4 Å². The average Bonchev–Trinajstić information content (AvgIpc) is 3.20. The van der Waals surface area contributed by atoms with Crippen molar-refractivity contribution in [3.8, 4) is 0 Å². The largest absolute Gasteiger partial charge is 0.423 e. The zero-order valence-corrected chi connectivity index (χ0v) is 13.6. The lowest BCUT2D eigenvalue weighted by Crippen LogP contribution is -2.22. The topological polar surface area (TPSA) is 42.2 Å². The van der Waals surface area contributed by atoms with E-state index in [9.17, 15) is 0 Å². The maximum absolute atomic E-state index is 5.82. The Bertz CT molecular complexity index is 694. The van der Waals surface area contributed by atoms with Gasteiger partial charge < -0.3 is 4.42 Å². The molecule has 0 spiro atoms. The summed E-state index contributed by atoms with van der Waals surface area (Å²) in [7, 11) is 2.07. The van der Waals surface area contributed by atoms with Crippen LogP contribution in [0.5, 0.6) is 0 Å². The zero-order chi connectivity index (χ0) is 15.4. The quantitative estimate of drug-likeness (QED) is 0.692. The fourth-order valence-electron chi connectivity index (χ4n) is 2.27. The van der Waals surface area contributed by atoms with Gasteiger partial charge in [-0.15, -0.1) is 21.5 Å². The normalized spacial score (nSPS) is 12.7. The molecule has 0 aliphatic carbocycles. The van der Waals surface area contributed by atoms with Gasteiger partial charge in [0.1, 0.15) is 0 Å². The highest BCUT2D eigenvalue weighted by Gasteiger charge is 2.18. The van der Waals surface area contributed by atoms with Crippen LogP contribution in [0.15, 0.2) is 52.3 Å². The van der Waals surface area contributed by atoms with Crippen molar-refractivity contribution in [3.63, 3.8) is 0 Å². The van der Waals surface area contributed by atoms with Crippen LogP contribution in [0, 0.1) is 0 Å². The molecule has 3 aromatic rings. The van der Waals surface area contributed by atoms with E-state index in [0.29, 0.717) is 18.2 Å². The fraction of sp³-hybridized carbons (Fsp3) is 0.294. The molecule has 1 aromatic carbocycles.